The Morgan fingerprint density at radius 2 is 1.91 bits per heavy atom. The van der Waals surface area contributed by atoms with Crippen LogP contribution in [0.2, 0.25) is 5.02 Å². The largest absolute Gasteiger partial charge is 0.345 e. The van der Waals surface area contributed by atoms with Gasteiger partial charge in [-0.2, -0.15) is 0 Å². The highest BCUT2D eigenvalue weighted by Gasteiger charge is 2.21. The monoisotopic (exact) mass is 358 g/mol. The molecule has 0 unspecified atom stereocenters. The molecule has 1 aromatic heterocycles. The van der Waals surface area contributed by atoms with Crippen molar-refractivity contribution in [2.45, 2.75) is 11.1 Å². The predicted octanol–water partition coefficient (Wildman–Crippen LogP) is 3.21. The van der Waals surface area contributed by atoms with E-state index in [1.54, 1.807) is 26.2 Å². The minimum Gasteiger partial charge on any atom is -0.345 e. The molecule has 0 aliphatic heterocycles. The third-order valence-electron chi connectivity index (χ3n) is 2.84. The molecule has 2 rings (SSSR count). The fourth-order valence-electron chi connectivity index (χ4n) is 1.78. The molecular formula is C14H15ClN2O3S2. The van der Waals surface area contributed by atoms with Gasteiger partial charge in [-0.15, -0.1) is 11.3 Å². The number of nitrogens with zero attached hydrogens (tertiary/aromatic N) is 1. The second-order valence-electron chi connectivity index (χ2n) is 4.86. The molecule has 1 N–H and O–H groups in total. The Balaban J connectivity index is 2.44. The summed E-state index contributed by atoms with van der Waals surface area (Å²) in [5.41, 5.74) is 0.406. The molecule has 0 bridgehead atoms. The molecule has 118 valence electrons. The van der Waals surface area contributed by atoms with Gasteiger partial charge in [-0.25, -0.2) is 8.42 Å². The van der Waals surface area contributed by atoms with E-state index >= 15 is 0 Å². The number of carbonyl (C=O) groups excluding carboxylic acids is 1. The van der Waals surface area contributed by atoms with E-state index in [0.717, 1.165) is 16.2 Å². The Hall–Kier alpha value is -1.57. The topological polar surface area (TPSA) is 66.5 Å². The van der Waals surface area contributed by atoms with E-state index in [1.165, 1.54) is 23.1 Å². The molecule has 5 nitrogen and oxygen atoms in total. The van der Waals surface area contributed by atoms with Crippen LogP contribution in [0, 0.1) is 6.92 Å². The van der Waals surface area contributed by atoms with Gasteiger partial charge in [-0.1, -0.05) is 11.6 Å². The molecule has 0 saturated carbocycles. The summed E-state index contributed by atoms with van der Waals surface area (Å²) in [4.78, 5) is 14.4. The lowest BCUT2D eigenvalue weighted by atomic mass is 10.1. The summed E-state index contributed by atoms with van der Waals surface area (Å²) in [5, 5.41) is 0.343. The summed E-state index contributed by atoms with van der Waals surface area (Å²) in [7, 11) is -0.562. The van der Waals surface area contributed by atoms with Gasteiger partial charge >= 0.3 is 0 Å². The van der Waals surface area contributed by atoms with Gasteiger partial charge < -0.3 is 4.90 Å². The van der Waals surface area contributed by atoms with Crippen LogP contribution in [0.3, 0.4) is 0 Å². The van der Waals surface area contributed by atoms with Crippen LogP contribution in [0.5, 0.6) is 0 Å². The Morgan fingerprint density at radius 1 is 1.23 bits per heavy atom. The van der Waals surface area contributed by atoms with E-state index in [0.29, 0.717) is 5.02 Å². The zero-order valence-electron chi connectivity index (χ0n) is 12.3. The lowest BCUT2D eigenvalue weighted by molar-refractivity contribution is 0.0828. The van der Waals surface area contributed by atoms with Crippen LogP contribution >= 0.6 is 22.9 Å². The Bertz CT molecular complexity index is 813. The number of sulfonamides is 1. The van der Waals surface area contributed by atoms with Crippen LogP contribution in [0.4, 0.5) is 5.69 Å². The second-order valence-corrected chi connectivity index (χ2v) is 8.49. The minimum atomic E-state index is -3.75. The van der Waals surface area contributed by atoms with Crippen molar-refractivity contribution in [3.63, 3.8) is 0 Å². The molecule has 0 radical (unpaired) electrons. The van der Waals surface area contributed by atoms with Crippen molar-refractivity contribution in [1.82, 2.24) is 4.90 Å². The summed E-state index contributed by atoms with van der Waals surface area (Å²) in [6, 6.07) is 7.73. The van der Waals surface area contributed by atoms with Crippen LogP contribution in [-0.2, 0) is 10.0 Å². The number of rotatable bonds is 4. The van der Waals surface area contributed by atoms with Crippen molar-refractivity contribution in [2.24, 2.45) is 0 Å². The summed E-state index contributed by atoms with van der Waals surface area (Å²) in [6.45, 7) is 1.82. The molecule has 1 aromatic carbocycles. The third kappa shape index (κ3) is 3.60. The Labute approximate surface area is 138 Å². The van der Waals surface area contributed by atoms with Crippen LogP contribution in [0.15, 0.2) is 34.5 Å². The van der Waals surface area contributed by atoms with Crippen molar-refractivity contribution < 1.29 is 13.2 Å². The zero-order chi connectivity index (χ0) is 16.5. The first-order valence-corrected chi connectivity index (χ1v) is 8.99. The average molecular weight is 359 g/mol. The number of anilines is 1. The number of nitrogens with one attached hydrogen (secondary N) is 1. The SMILES string of the molecule is Cc1ccc(S(=O)(=O)Nc2cc(Cl)ccc2C(=O)N(C)C)s1. The summed E-state index contributed by atoms with van der Waals surface area (Å²) < 4.78 is 27.4. The van der Waals surface area contributed by atoms with E-state index in [-0.39, 0.29) is 21.4 Å². The summed E-state index contributed by atoms with van der Waals surface area (Å²) in [5.74, 6) is -0.309. The maximum absolute atomic E-state index is 12.4. The first-order chi connectivity index (χ1) is 10.2. The van der Waals surface area contributed by atoms with E-state index in [9.17, 15) is 13.2 Å². The fraction of sp³-hybridized carbons (Fsp3) is 0.214. The van der Waals surface area contributed by atoms with Gasteiger partial charge in [0, 0.05) is 24.0 Å². The van der Waals surface area contributed by atoms with Crippen molar-refractivity contribution in [2.75, 3.05) is 18.8 Å². The molecular weight excluding hydrogens is 344 g/mol. The molecule has 0 fully saturated rings. The minimum absolute atomic E-state index is 0.164. The quantitative estimate of drug-likeness (QED) is 0.912. The van der Waals surface area contributed by atoms with Crippen LogP contribution < -0.4 is 4.72 Å². The molecule has 2 aromatic rings. The lowest BCUT2D eigenvalue weighted by Gasteiger charge is -2.15. The van der Waals surface area contributed by atoms with Crippen molar-refractivity contribution in [3.8, 4) is 0 Å². The van der Waals surface area contributed by atoms with Crippen molar-refractivity contribution >= 4 is 44.6 Å². The fourth-order valence-corrected chi connectivity index (χ4v) is 4.31. The standard InChI is InChI=1S/C14H15ClN2O3S2/c1-9-4-7-13(21-9)22(19,20)16-12-8-10(15)5-6-11(12)14(18)17(2)3/h4-8,16H,1-3H3. The van der Waals surface area contributed by atoms with Gasteiger partial charge in [-0.05, 0) is 37.3 Å². The van der Waals surface area contributed by atoms with Gasteiger partial charge in [0.15, 0.2) is 0 Å². The molecule has 22 heavy (non-hydrogen) atoms. The number of halogens is 1. The zero-order valence-corrected chi connectivity index (χ0v) is 14.6. The highest BCUT2D eigenvalue weighted by atomic mass is 35.5. The molecule has 0 saturated heterocycles. The smallest absolute Gasteiger partial charge is 0.271 e. The van der Waals surface area contributed by atoms with E-state index < -0.39 is 10.0 Å². The molecule has 0 aliphatic carbocycles. The maximum atomic E-state index is 12.4. The summed E-state index contributed by atoms with van der Waals surface area (Å²) in [6.07, 6.45) is 0. The number of hydrogen-bond acceptors (Lipinski definition) is 4. The van der Waals surface area contributed by atoms with E-state index in [1.807, 2.05) is 6.92 Å². The number of thiophene rings is 1. The summed E-state index contributed by atoms with van der Waals surface area (Å²) >= 11 is 7.08. The number of carbonyl (C=O) groups is 1. The highest BCUT2D eigenvalue weighted by Crippen LogP contribution is 2.27. The molecule has 0 aliphatic rings. The van der Waals surface area contributed by atoms with Gasteiger partial charge in [0.2, 0.25) is 0 Å². The van der Waals surface area contributed by atoms with E-state index in [4.69, 9.17) is 11.6 Å². The molecule has 0 spiro atoms. The third-order valence-corrected chi connectivity index (χ3v) is 5.94. The van der Waals surface area contributed by atoms with Gasteiger partial charge in [0.05, 0.1) is 11.3 Å². The van der Waals surface area contributed by atoms with Crippen molar-refractivity contribution in [1.29, 1.82) is 0 Å². The second kappa shape index (κ2) is 6.28. The first-order valence-electron chi connectivity index (χ1n) is 6.31. The van der Waals surface area contributed by atoms with Crippen LogP contribution in [-0.4, -0.2) is 33.3 Å². The highest BCUT2D eigenvalue weighted by molar-refractivity contribution is 7.94. The Kier molecular flexibility index (Phi) is 4.79. The first kappa shape index (κ1) is 16.8. The van der Waals surface area contributed by atoms with E-state index in [2.05, 4.69) is 4.72 Å². The van der Waals surface area contributed by atoms with Crippen molar-refractivity contribution in [3.05, 3.63) is 45.8 Å². The number of benzene rings is 1. The predicted molar refractivity (Wildman–Crippen MR) is 89.3 cm³/mol. The van der Waals surface area contributed by atoms with Gasteiger partial charge in [-0.3, -0.25) is 9.52 Å². The van der Waals surface area contributed by atoms with Gasteiger partial charge in [0.25, 0.3) is 15.9 Å². The maximum Gasteiger partial charge on any atom is 0.271 e. The number of amides is 1. The lowest BCUT2D eigenvalue weighted by Crippen LogP contribution is -2.24. The van der Waals surface area contributed by atoms with Crippen LogP contribution in [0.1, 0.15) is 15.2 Å². The van der Waals surface area contributed by atoms with Gasteiger partial charge in [0.1, 0.15) is 4.21 Å². The average Bonchev–Trinajstić information content (AvgIpc) is 2.85. The number of aryl methyl sites for hydroxylation is 1. The molecule has 8 heteroatoms. The Morgan fingerprint density at radius 3 is 2.45 bits per heavy atom. The number of hydrogen-bond donors (Lipinski definition) is 1. The molecule has 0 atom stereocenters. The normalized spacial score (nSPS) is 11.3. The molecule has 1 heterocycles. The van der Waals surface area contributed by atoms with Crippen LogP contribution in [0.25, 0.3) is 0 Å². The molecule has 1 amide bonds.